The molecule has 2 aliphatic rings. The van der Waals surface area contributed by atoms with Crippen molar-refractivity contribution in [2.45, 2.75) is 37.7 Å². The average molecular weight is 188 g/mol. The second-order valence-electron chi connectivity index (χ2n) is 4.63. The number of fused-ring (bicyclic) bond motifs is 3. The van der Waals surface area contributed by atoms with Gasteiger partial charge in [0.05, 0.1) is 6.10 Å². The Morgan fingerprint density at radius 3 is 2.57 bits per heavy atom. The van der Waals surface area contributed by atoms with Crippen LogP contribution >= 0.6 is 0 Å². The van der Waals surface area contributed by atoms with Gasteiger partial charge in [-0.15, -0.1) is 0 Å². The standard InChI is InChI=1S/C13H16O/c14-13-11-7-3-1-5-9(11)10-6-2-4-8-12(10)13/h1,3,5,7,10,12-14H,2,4,6,8H2/t10?,12?,13-/m0/s1. The number of hydrogen-bond acceptors (Lipinski definition) is 1. The molecule has 1 heteroatoms. The molecule has 0 aromatic heterocycles. The minimum atomic E-state index is -0.184. The molecule has 1 aromatic rings. The van der Waals surface area contributed by atoms with Gasteiger partial charge in [-0.25, -0.2) is 0 Å². The Morgan fingerprint density at radius 1 is 1.00 bits per heavy atom. The summed E-state index contributed by atoms with van der Waals surface area (Å²) < 4.78 is 0. The third-order valence-electron chi connectivity index (χ3n) is 3.94. The van der Waals surface area contributed by atoms with E-state index < -0.39 is 0 Å². The summed E-state index contributed by atoms with van der Waals surface area (Å²) in [6.07, 6.45) is 4.93. The van der Waals surface area contributed by atoms with Crippen LogP contribution in [0, 0.1) is 5.92 Å². The van der Waals surface area contributed by atoms with Crippen LogP contribution in [0.15, 0.2) is 24.3 Å². The average Bonchev–Trinajstić information content (AvgIpc) is 2.55. The van der Waals surface area contributed by atoms with Gasteiger partial charge in [-0.3, -0.25) is 0 Å². The minimum Gasteiger partial charge on any atom is -0.388 e. The molecular formula is C13H16O. The molecule has 2 aliphatic carbocycles. The summed E-state index contributed by atoms with van der Waals surface area (Å²) >= 11 is 0. The van der Waals surface area contributed by atoms with E-state index in [1.807, 2.05) is 6.07 Å². The van der Waals surface area contributed by atoms with E-state index in [1.54, 1.807) is 0 Å². The second kappa shape index (κ2) is 3.09. The van der Waals surface area contributed by atoms with Crippen molar-refractivity contribution in [1.29, 1.82) is 0 Å². The molecule has 74 valence electrons. The lowest BCUT2D eigenvalue weighted by molar-refractivity contribution is 0.0907. The van der Waals surface area contributed by atoms with Crippen LogP contribution < -0.4 is 0 Å². The molecule has 1 saturated carbocycles. The highest BCUT2D eigenvalue weighted by Crippen LogP contribution is 2.51. The summed E-state index contributed by atoms with van der Waals surface area (Å²) in [7, 11) is 0. The second-order valence-corrected chi connectivity index (χ2v) is 4.63. The summed E-state index contributed by atoms with van der Waals surface area (Å²) in [6.45, 7) is 0. The maximum atomic E-state index is 10.2. The van der Waals surface area contributed by atoms with Gasteiger partial charge in [0.25, 0.3) is 0 Å². The van der Waals surface area contributed by atoms with E-state index in [0.717, 1.165) is 0 Å². The van der Waals surface area contributed by atoms with Gasteiger partial charge in [0.2, 0.25) is 0 Å². The van der Waals surface area contributed by atoms with Crippen LogP contribution in [-0.4, -0.2) is 5.11 Å². The molecule has 0 heterocycles. The Balaban J connectivity index is 2.06. The highest BCUT2D eigenvalue weighted by atomic mass is 16.3. The van der Waals surface area contributed by atoms with Gasteiger partial charge < -0.3 is 5.11 Å². The molecule has 2 unspecified atom stereocenters. The summed E-state index contributed by atoms with van der Waals surface area (Å²) in [5.74, 6) is 1.16. The number of benzene rings is 1. The Kier molecular flexibility index (Phi) is 1.88. The molecule has 1 N–H and O–H groups in total. The molecule has 14 heavy (non-hydrogen) atoms. The van der Waals surface area contributed by atoms with Gasteiger partial charge in [0.15, 0.2) is 0 Å². The first-order chi connectivity index (χ1) is 6.88. The molecule has 1 fully saturated rings. The largest absolute Gasteiger partial charge is 0.388 e. The highest BCUT2D eigenvalue weighted by molar-refractivity contribution is 5.38. The lowest BCUT2D eigenvalue weighted by atomic mass is 9.79. The van der Waals surface area contributed by atoms with Gasteiger partial charge in [-0.05, 0) is 35.8 Å². The van der Waals surface area contributed by atoms with Crippen LogP contribution in [0.5, 0.6) is 0 Å². The first-order valence-corrected chi connectivity index (χ1v) is 5.65. The summed E-state index contributed by atoms with van der Waals surface area (Å²) in [5, 5.41) is 10.2. The smallest absolute Gasteiger partial charge is 0.0826 e. The Bertz CT molecular complexity index is 345. The number of hydrogen-bond donors (Lipinski definition) is 1. The van der Waals surface area contributed by atoms with Crippen LogP contribution in [0.3, 0.4) is 0 Å². The Labute approximate surface area is 84.8 Å². The van der Waals surface area contributed by atoms with E-state index in [9.17, 15) is 5.11 Å². The van der Waals surface area contributed by atoms with E-state index >= 15 is 0 Å². The number of aliphatic hydroxyl groups excluding tert-OH is 1. The number of rotatable bonds is 0. The van der Waals surface area contributed by atoms with E-state index in [0.29, 0.717) is 11.8 Å². The molecule has 0 bridgehead atoms. The van der Waals surface area contributed by atoms with E-state index in [4.69, 9.17) is 0 Å². The molecule has 1 nitrogen and oxygen atoms in total. The lowest BCUT2D eigenvalue weighted by Gasteiger charge is -2.27. The fraction of sp³-hybridized carbons (Fsp3) is 0.538. The fourth-order valence-electron chi connectivity index (χ4n) is 3.27. The SMILES string of the molecule is O[C@H]1c2ccccc2C2CCCCC21. The highest BCUT2D eigenvalue weighted by Gasteiger charge is 2.40. The number of aliphatic hydroxyl groups is 1. The van der Waals surface area contributed by atoms with Gasteiger partial charge in [0.1, 0.15) is 0 Å². The van der Waals surface area contributed by atoms with Crippen molar-refractivity contribution in [1.82, 2.24) is 0 Å². The maximum Gasteiger partial charge on any atom is 0.0826 e. The van der Waals surface area contributed by atoms with E-state index in [2.05, 4.69) is 18.2 Å². The van der Waals surface area contributed by atoms with Crippen LogP contribution in [0.2, 0.25) is 0 Å². The fourth-order valence-corrected chi connectivity index (χ4v) is 3.27. The normalized spacial score (nSPS) is 35.1. The summed E-state index contributed by atoms with van der Waals surface area (Å²) in [5.41, 5.74) is 2.62. The molecule has 1 aromatic carbocycles. The summed E-state index contributed by atoms with van der Waals surface area (Å²) in [6, 6.07) is 8.44. The molecule has 0 radical (unpaired) electrons. The molecule has 0 spiro atoms. The van der Waals surface area contributed by atoms with Crippen LogP contribution in [-0.2, 0) is 0 Å². The first kappa shape index (κ1) is 8.49. The van der Waals surface area contributed by atoms with Crippen molar-refractivity contribution in [3.05, 3.63) is 35.4 Å². The van der Waals surface area contributed by atoms with Crippen LogP contribution in [0.25, 0.3) is 0 Å². The van der Waals surface area contributed by atoms with Crippen LogP contribution in [0.1, 0.15) is 48.8 Å². The Hall–Kier alpha value is -0.820. The molecule has 0 saturated heterocycles. The molecule has 0 aliphatic heterocycles. The van der Waals surface area contributed by atoms with E-state index in [-0.39, 0.29) is 6.10 Å². The third kappa shape index (κ3) is 1.05. The quantitative estimate of drug-likeness (QED) is 0.663. The van der Waals surface area contributed by atoms with Crippen molar-refractivity contribution < 1.29 is 5.11 Å². The van der Waals surface area contributed by atoms with Crippen LogP contribution in [0.4, 0.5) is 0 Å². The predicted molar refractivity (Wildman–Crippen MR) is 56.1 cm³/mol. The minimum absolute atomic E-state index is 0.184. The zero-order valence-corrected chi connectivity index (χ0v) is 8.32. The molecule has 3 rings (SSSR count). The van der Waals surface area contributed by atoms with Crippen molar-refractivity contribution in [3.63, 3.8) is 0 Å². The van der Waals surface area contributed by atoms with Gasteiger partial charge in [-0.1, -0.05) is 37.1 Å². The van der Waals surface area contributed by atoms with Gasteiger partial charge in [-0.2, -0.15) is 0 Å². The molecule has 3 atom stereocenters. The first-order valence-electron chi connectivity index (χ1n) is 5.65. The van der Waals surface area contributed by atoms with Crippen molar-refractivity contribution >= 4 is 0 Å². The summed E-state index contributed by atoms with van der Waals surface area (Å²) in [4.78, 5) is 0. The Morgan fingerprint density at radius 2 is 1.71 bits per heavy atom. The topological polar surface area (TPSA) is 20.2 Å². The van der Waals surface area contributed by atoms with Gasteiger partial charge in [0, 0.05) is 0 Å². The zero-order chi connectivity index (χ0) is 9.54. The van der Waals surface area contributed by atoms with E-state index in [1.165, 1.54) is 36.8 Å². The third-order valence-corrected chi connectivity index (χ3v) is 3.94. The van der Waals surface area contributed by atoms with Gasteiger partial charge >= 0.3 is 0 Å². The molecular weight excluding hydrogens is 172 g/mol. The van der Waals surface area contributed by atoms with Crippen molar-refractivity contribution in [2.75, 3.05) is 0 Å². The van der Waals surface area contributed by atoms with Crippen molar-refractivity contribution in [2.24, 2.45) is 5.92 Å². The monoisotopic (exact) mass is 188 g/mol. The lowest BCUT2D eigenvalue weighted by Crippen LogP contribution is -2.16. The maximum absolute atomic E-state index is 10.2. The predicted octanol–water partition coefficient (Wildman–Crippen LogP) is 3.01. The van der Waals surface area contributed by atoms with Crippen molar-refractivity contribution in [3.8, 4) is 0 Å². The molecule has 0 amide bonds. The zero-order valence-electron chi connectivity index (χ0n) is 8.32.